The van der Waals surface area contributed by atoms with Crippen LogP contribution in [0.5, 0.6) is 17.2 Å². The Balaban J connectivity index is 1.09. The predicted octanol–water partition coefficient (Wildman–Crippen LogP) is 7.91. The summed E-state index contributed by atoms with van der Waals surface area (Å²) in [7, 11) is 0. The van der Waals surface area contributed by atoms with Crippen LogP contribution in [0.25, 0.3) is 0 Å². The van der Waals surface area contributed by atoms with Gasteiger partial charge in [0.1, 0.15) is 17.2 Å². The van der Waals surface area contributed by atoms with Gasteiger partial charge < -0.3 is 19.5 Å². The Morgan fingerprint density at radius 2 is 1.47 bits per heavy atom. The quantitative estimate of drug-likeness (QED) is 0.236. The van der Waals surface area contributed by atoms with E-state index in [-0.39, 0.29) is 17.6 Å². The summed E-state index contributed by atoms with van der Waals surface area (Å²) in [4.78, 5) is 2.62. The van der Waals surface area contributed by atoms with Gasteiger partial charge in [-0.15, -0.1) is 0 Å². The molecule has 3 aromatic carbocycles. The monoisotopic (exact) mass is 513 g/mol. The van der Waals surface area contributed by atoms with Crippen LogP contribution in [0.2, 0.25) is 0 Å². The first-order valence-corrected chi connectivity index (χ1v) is 14.7. The van der Waals surface area contributed by atoms with Gasteiger partial charge in [0.15, 0.2) is 0 Å². The van der Waals surface area contributed by atoms with Crippen molar-refractivity contribution in [1.82, 2.24) is 4.90 Å². The van der Waals surface area contributed by atoms with E-state index in [9.17, 15) is 5.11 Å². The van der Waals surface area contributed by atoms with Gasteiger partial charge in [0.2, 0.25) is 0 Å². The standard InChI is InChI=1S/C34H43NO3/c36-29-17-20-33-31(25-29)34(32(26-38-33)27-13-7-6-8-14-27)28-15-18-30(19-16-28)37-24-12-5-3-1-2-4-9-21-35-22-10-11-23-35/h6-8,13-20,25,32,34,36H,1-5,9-12,21-24,26H2/t32-,34+/m0/s1. The SMILES string of the molecule is Oc1ccc2c(c1)[C@@H](c1ccc(OCCCCCCCCCN3CCCC3)cc1)[C@H](c1ccccc1)CO2. The molecule has 1 fully saturated rings. The van der Waals surface area contributed by atoms with Crippen molar-refractivity contribution >= 4 is 0 Å². The highest BCUT2D eigenvalue weighted by Crippen LogP contribution is 2.47. The van der Waals surface area contributed by atoms with Crippen molar-refractivity contribution in [3.05, 3.63) is 89.5 Å². The van der Waals surface area contributed by atoms with Gasteiger partial charge in [0, 0.05) is 17.4 Å². The summed E-state index contributed by atoms with van der Waals surface area (Å²) < 4.78 is 12.2. The van der Waals surface area contributed by atoms with Gasteiger partial charge in [-0.05, 0) is 86.8 Å². The average Bonchev–Trinajstić information content (AvgIpc) is 3.48. The smallest absolute Gasteiger partial charge is 0.123 e. The van der Waals surface area contributed by atoms with Crippen molar-refractivity contribution in [2.45, 2.75) is 69.6 Å². The zero-order valence-electron chi connectivity index (χ0n) is 22.7. The average molecular weight is 514 g/mol. The lowest BCUT2D eigenvalue weighted by Crippen LogP contribution is -2.25. The van der Waals surface area contributed by atoms with Crippen molar-refractivity contribution in [3.8, 4) is 17.2 Å². The second-order valence-corrected chi connectivity index (χ2v) is 11.0. The molecule has 4 nitrogen and oxygen atoms in total. The normalized spacial score (nSPS) is 19.2. The maximum absolute atomic E-state index is 10.2. The molecule has 0 aliphatic carbocycles. The Kier molecular flexibility index (Phi) is 9.60. The fourth-order valence-corrected chi connectivity index (χ4v) is 6.09. The molecule has 0 unspecified atom stereocenters. The van der Waals surface area contributed by atoms with Crippen LogP contribution in [0.4, 0.5) is 0 Å². The van der Waals surface area contributed by atoms with Crippen LogP contribution in [-0.4, -0.2) is 42.9 Å². The van der Waals surface area contributed by atoms with E-state index in [4.69, 9.17) is 9.47 Å². The molecule has 3 aromatic rings. The molecule has 5 rings (SSSR count). The highest BCUT2D eigenvalue weighted by Gasteiger charge is 2.33. The number of ether oxygens (including phenoxy) is 2. The van der Waals surface area contributed by atoms with Crippen LogP contribution in [-0.2, 0) is 0 Å². The minimum Gasteiger partial charge on any atom is -0.508 e. The second-order valence-electron chi connectivity index (χ2n) is 11.0. The second kappa shape index (κ2) is 13.7. The van der Waals surface area contributed by atoms with E-state index < -0.39 is 0 Å². The van der Waals surface area contributed by atoms with E-state index in [1.54, 1.807) is 6.07 Å². The van der Waals surface area contributed by atoms with Crippen LogP contribution in [0, 0.1) is 0 Å². The molecule has 38 heavy (non-hydrogen) atoms. The Labute approximate surface area is 228 Å². The van der Waals surface area contributed by atoms with Gasteiger partial charge in [-0.25, -0.2) is 0 Å². The van der Waals surface area contributed by atoms with Gasteiger partial charge in [0.05, 0.1) is 13.2 Å². The molecule has 0 amide bonds. The number of benzene rings is 3. The Hall–Kier alpha value is -2.98. The Bertz CT molecular complexity index is 1110. The number of fused-ring (bicyclic) bond motifs is 1. The number of nitrogens with zero attached hydrogens (tertiary/aromatic N) is 1. The minimum atomic E-state index is 0.109. The predicted molar refractivity (Wildman–Crippen MR) is 155 cm³/mol. The molecule has 0 bridgehead atoms. The van der Waals surface area contributed by atoms with Gasteiger partial charge in [-0.3, -0.25) is 0 Å². The molecule has 1 saturated heterocycles. The van der Waals surface area contributed by atoms with Gasteiger partial charge >= 0.3 is 0 Å². The zero-order valence-corrected chi connectivity index (χ0v) is 22.7. The van der Waals surface area contributed by atoms with E-state index in [1.807, 2.05) is 18.2 Å². The van der Waals surface area contributed by atoms with Crippen molar-refractivity contribution in [2.24, 2.45) is 0 Å². The topological polar surface area (TPSA) is 41.9 Å². The molecular formula is C34H43NO3. The number of hydrogen-bond donors (Lipinski definition) is 1. The zero-order chi connectivity index (χ0) is 26.0. The summed E-state index contributed by atoms with van der Waals surface area (Å²) >= 11 is 0. The summed E-state index contributed by atoms with van der Waals surface area (Å²) in [5.41, 5.74) is 3.50. The van der Waals surface area contributed by atoms with E-state index >= 15 is 0 Å². The molecule has 4 heteroatoms. The van der Waals surface area contributed by atoms with E-state index in [2.05, 4.69) is 53.4 Å². The van der Waals surface area contributed by atoms with Crippen LogP contribution in [0.1, 0.15) is 86.3 Å². The number of unbranched alkanes of at least 4 members (excludes halogenated alkanes) is 6. The van der Waals surface area contributed by atoms with E-state index in [0.717, 1.165) is 30.1 Å². The largest absolute Gasteiger partial charge is 0.508 e. The first-order valence-electron chi connectivity index (χ1n) is 14.7. The summed E-state index contributed by atoms with van der Waals surface area (Å²) in [6.45, 7) is 5.34. The highest BCUT2D eigenvalue weighted by atomic mass is 16.5. The number of rotatable bonds is 13. The maximum atomic E-state index is 10.2. The lowest BCUT2D eigenvalue weighted by Gasteiger charge is -2.34. The van der Waals surface area contributed by atoms with Crippen molar-refractivity contribution < 1.29 is 14.6 Å². The fourth-order valence-electron chi connectivity index (χ4n) is 6.09. The number of aromatic hydroxyl groups is 1. The van der Waals surface area contributed by atoms with Gasteiger partial charge in [-0.1, -0.05) is 74.6 Å². The first kappa shape index (κ1) is 26.6. The Morgan fingerprint density at radius 3 is 2.24 bits per heavy atom. The molecule has 0 aromatic heterocycles. The molecule has 0 radical (unpaired) electrons. The molecule has 2 aliphatic rings. The lowest BCUT2D eigenvalue weighted by atomic mass is 9.76. The van der Waals surface area contributed by atoms with Gasteiger partial charge in [0.25, 0.3) is 0 Å². The van der Waals surface area contributed by atoms with E-state index in [1.165, 1.54) is 82.1 Å². The summed E-state index contributed by atoms with van der Waals surface area (Å²) in [6, 6.07) is 24.5. The summed E-state index contributed by atoms with van der Waals surface area (Å²) in [5.74, 6) is 2.34. The third-order valence-electron chi connectivity index (χ3n) is 8.20. The first-order chi connectivity index (χ1) is 18.8. The number of likely N-dealkylation sites (tertiary alicyclic amines) is 1. The molecule has 2 heterocycles. The van der Waals surface area contributed by atoms with Gasteiger partial charge in [-0.2, -0.15) is 0 Å². The highest BCUT2D eigenvalue weighted by molar-refractivity contribution is 5.51. The number of phenolic OH excluding ortho intramolecular Hbond substituents is 1. The molecule has 1 N–H and O–H groups in total. The number of phenols is 1. The lowest BCUT2D eigenvalue weighted by molar-refractivity contribution is 0.248. The maximum Gasteiger partial charge on any atom is 0.123 e. The molecule has 2 atom stereocenters. The fraction of sp³-hybridized carbons (Fsp3) is 0.471. The molecule has 2 aliphatic heterocycles. The van der Waals surface area contributed by atoms with Crippen molar-refractivity contribution in [3.63, 3.8) is 0 Å². The minimum absolute atomic E-state index is 0.109. The van der Waals surface area contributed by atoms with Crippen LogP contribution >= 0.6 is 0 Å². The van der Waals surface area contributed by atoms with Crippen LogP contribution in [0.15, 0.2) is 72.8 Å². The molecule has 0 saturated carbocycles. The van der Waals surface area contributed by atoms with Crippen LogP contribution in [0.3, 0.4) is 0 Å². The van der Waals surface area contributed by atoms with E-state index in [0.29, 0.717) is 6.61 Å². The van der Waals surface area contributed by atoms with Crippen LogP contribution < -0.4 is 9.47 Å². The van der Waals surface area contributed by atoms with Crippen molar-refractivity contribution in [1.29, 1.82) is 0 Å². The third-order valence-corrected chi connectivity index (χ3v) is 8.20. The molecule has 202 valence electrons. The summed E-state index contributed by atoms with van der Waals surface area (Å²) in [6.07, 6.45) is 11.9. The molecule has 0 spiro atoms. The van der Waals surface area contributed by atoms with Crippen molar-refractivity contribution in [2.75, 3.05) is 32.8 Å². The number of hydrogen-bond acceptors (Lipinski definition) is 4. The third kappa shape index (κ3) is 7.11. The molecular weight excluding hydrogens is 470 g/mol. The Morgan fingerprint density at radius 1 is 0.763 bits per heavy atom. The summed E-state index contributed by atoms with van der Waals surface area (Å²) in [5, 5.41) is 10.2.